The lowest BCUT2D eigenvalue weighted by molar-refractivity contribution is 1.42. The lowest BCUT2D eigenvalue weighted by atomic mass is 10.2. The molecule has 10 heavy (non-hydrogen) atoms. The maximum absolute atomic E-state index is 5.67. The van der Waals surface area contributed by atoms with Crippen LogP contribution in [0.5, 0.6) is 0 Å². The summed E-state index contributed by atoms with van der Waals surface area (Å²) in [5, 5.41) is 0.869. The average Bonchev–Trinajstić information content (AvgIpc) is 1.95. The number of nitrogens with two attached hydrogens (primary N) is 1. The fourth-order valence-corrected chi connectivity index (χ4v) is 1.36. The molecule has 0 radical (unpaired) electrons. The van der Waals surface area contributed by atoms with Gasteiger partial charge in [-0.1, -0.05) is 22.0 Å². The van der Waals surface area contributed by atoms with Gasteiger partial charge in [-0.05, 0) is 40.3 Å². The largest absolute Gasteiger partial charge is 0.398 e. The van der Waals surface area contributed by atoms with E-state index in [9.17, 15) is 0 Å². The molecule has 0 saturated heterocycles. The molecule has 0 amide bonds. The molecule has 0 bridgehead atoms. The molecular formula is C7H7BrIN. The highest BCUT2D eigenvalue weighted by Crippen LogP contribution is 2.17. The zero-order valence-corrected chi connectivity index (χ0v) is 9.02. The van der Waals surface area contributed by atoms with E-state index in [1.807, 2.05) is 12.1 Å². The summed E-state index contributed by atoms with van der Waals surface area (Å²) in [7, 11) is 0. The van der Waals surface area contributed by atoms with Crippen molar-refractivity contribution in [3.63, 3.8) is 0 Å². The Kier molecular flexibility index (Phi) is 2.97. The highest BCUT2D eigenvalue weighted by Gasteiger charge is 1.94. The van der Waals surface area contributed by atoms with Crippen LogP contribution in [-0.4, -0.2) is 0 Å². The molecule has 2 N–H and O–H groups in total. The Hall–Kier alpha value is 0.230. The topological polar surface area (TPSA) is 26.0 Å². The predicted octanol–water partition coefficient (Wildman–Crippen LogP) is 2.77. The fraction of sp³-hybridized carbons (Fsp3) is 0.143. The van der Waals surface area contributed by atoms with Crippen LogP contribution >= 0.6 is 38.5 Å². The van der Waals surface area contributed by atoms with Gasteiger partial charge in [-0.2, -0.15) is 0 Å². The van der Waals surface area contributed by atoms with E-state index in [1.165, 1.54) is 5.56 Å². The van der Waals surface area contributed by atoms with E-state index in [0.29, 0.717) is 0 Å². The lowest BCUT2D eigenvalue weighted by Gasteiger charge is -1.99. The first kappa shape index (κ1) is 8.33. The lowest BCUT2D eigenvalue weighted by Crippen LogP contribution is -1.89. The number of anilines is 1. The molecule has 0 saturated carbocycles. The predicted molar refractivity (Wildman–Crippen MR) is 56.2 cm³/mol. The second kappa shape index (κ2) is 3.57. The summed E-state index contributed by atoms with van der Waals surface area (Å²) in [4.78, 5) is 0. The van der Waals surface area contributed by atoms with E-state index >= 15 is 0 Å². The van der Waals surface area contributed by atoms with Crippen LogP contribution in [0.25, 0.3) is 0 Å². The summed E-state index contributed by atoms with van der Waals surface area (Å²) in [5.74, 6) is 0. The zero-order chi connectivity index (χ0) is 7.56. The molecule has 1 nitrogen and oxygen atoms in total. The molecule has 1 aromatic carbocycles. The Bertz CT molecular complexity index is 237. The van der Waals surface area contributed by atoms with Crippen molar-refractivity contribution in [2.24, 2.45) is 0 Å². The number of hydrogen-bond donors (Lipinski definition) is 1. The molecule has 0 aliphatic rings. The summed E-state index contributed by atoms with van der Waals surface area (Å²) < 4.78 is 1.11. The number of hydrogen-bond acceptors (Lipinski definition) is 1. The summed E-state index contributed by atoms with van der Waals surface area (Å²) in [6.45, 7) is 0. The van der Waals surface area contributed by atoms with Gasteiger partial charge in [-0.3, -0.25) is 0 Å². The maximum atomic E-state index is 5.67. The van der Waals surface area contributed by atoms with Gasteiger partial charge in [0.25, 0.3) is 0 Å². The minimum absolute atomic E-state index is 0.859. The zero-order valence-electron chi connectivity index (χ0n) is 5.27. The summed E-state index contributed by atoms with van der Waals surface area (Å²) >= 11 is 5.58. The van der Waals surface area contributed by atoms with Gasteiger partial charge >= 0.3 is 0 Å². The Labute approximate surface area is 82.3 Å². The second-order valence-electron chi connectivity index (χ2n) is 1.99. The molecule has 1 aromatic rings. The van der Waals surface area contributed by atoms with Crippen molar-refractivity contribution in [3.8, 4) is 0 Å². The molecule has 0 unspecified atom stereocenters. The summed E-state index contributed by atoms with van der Waals surface area (Å²) in [6, 6.07) is 6.07. The van der Waals surface area contributed by atoms with E-state index in [4.69, 9.17) is 5.73 Å². The molecule has 0 atom stereocenters. The van der Waals surface area contributed by atoms with E-state index in [-0.39, 0.29) is 0 Å². The van der Waals surface area contributed by atoms with Crippen molar-refractivity contribution >= 4 is 44.2 Å². The van der Waals surface area contributed by atoms with Gasteiger partial charge < -0.3 is 5.73 Å². The molecule has 54 valence electrons. The van der Waals surface area contributed by atoms with Crippen molar-refractivity contribution in [3.05, 3.63) is 27.3 Å². The van der Waals surface area contributed by atoms with Gasteiger partial charge in [-0.25, -0.2) is 0 Å². The molecule has 0 heterocycles. The van der Waals surface area contributed by atoms with E-state index in [2.05, 4.69) is 44.6 Å². The van der Waals surface area contributed by atoms with Crippen molar-refractivity contribution in [2.45, 2.75) is 5.33 Å². The third kappa shape index (κ3) is 1.85. The first-order chi connectivity index (χ1) is 4.74. The summed E-state index contributed by atoms with van der Waals surface area (Å²) in [6.07, 6.45) is 0. The number of benzene rings is 1. The minimum atomic E-state index is 0.859. The van der Waals surface area contributed by atoms with Crippen LogP contribution in [0.4, 0.5) is 5.69 Å². The van der Waals surface area contributed by atoms with Gasteiger partial charge in [0.15, 0.2) is 0 Å². The number of alkyl halides is 1. The highest BCUT2D eigenvalue weighted by atomic mass is 127. The van der Waals surface area contributed by atoms with Gasteiger partial charge in [0.05, 0.1) is 0 Å². The molecule has 0 aliphatic carbocycles. The molecule has 0 fully saturated rings. The quantitative estimate of drug-likeness (QED) is 0.482. The fourth-order valence-electron chi connectivity index (χ4n) is 0.676. The molecule has 3 heteroatoms. The second-order valence-corrected chi connectivity index (χ2v) is 3.71. The van der Waals surface area contributed by atoms with Gasteiger partial charge in [0, 0.05) is 14.6 Å². The molecule has 0 aromatic heterocycles. The first-order valence-electron chi connectivity index (χ1n) is 2.84. The van der Waals surface area contributed by atoms with Crippen molar-refractivity contribution in [2.75, 3.05) is 5.73 Å². The Morgan fingerprint density at radius 3 is 2.70 bits per heavy atom. The summed E-state index contributed by atoms with van der Waals surface area (Å²) in [5.41, 5.74) is 7.75. The minimum Gasteiger partial charge on any atom is -0.398 e. The van der Waals surface area contributed by atoms with Crippen LogP contribution in [-0.2, 0) is 5.33 Å². The van der Waals surface area contributed by atoms with E-state index in [1.54, 1.807) is 0 Å². The van der Waals surface area contributed by atoms with Crippen molar-refractivity contribution in [1.29, 1.82) is 0 Å². The Balaban J connectivity index is 3.04. The monoisotopic (exact) mass is 311 g/mol. The van der Waals surface area contributed by atoms with Crippen LogP contribution < -0.4 is 5.73 Å². The van der Waals surface area contributed by atoms with Crippen LogP contribution in [0, 0.1) is 3.57 Å². The van der Waals surface area contributed by atoms with E-state index < -0.39 is 0 Å². The van der Waals surface area contributed by atoms with Crippen LogP contribution in [0.1, 0.15) is 5.56 Å². The van der Waals surface area contributed by atoms with Crippen LogP contribution in [0.15, 0.2) is 18.2 Å². The Morgan fingerprint density at radius 2 is 2.20 bits per heavy atom. The Morgan fingerprint density at radius 1 is 1.50 bits per heavy atom. The maximum Gasteiger partial charge on any atom is 0.0452 e. The normalized spacial score (nSPS) is 9.80. The van der Waals surface area contributed by atoms with Crippen molar-refractivity contribution in [1.82, 2.24) is 0 Å². The number of halogens is 2. The number of nitrogen functional groups attached to an aromatic ring is 1. The average molecular weight is 312 g/mol. The first-order valence-corrected chi connectivity index (χ1v) is 5.04. The molecule has 1 rings (SSSR count). The van der Waals surface area contributed by atoms with Gasteiger partial charge in [0.1, 0.15) is 0 Å². The smallest absolute Gasteiger partial charge is 0.0452 e. The van der Waals surface area contributed by atoms with Crippen LogP contribution in [0.2, 0.25) is 0 Å². The number of rotatable bonds is 1. The SMILES string of the molecule is Nc1cc(CBr)ccc1I. The molecule has 0 aliphatic heterocycles. The van der Waals surface area contributed by atoms with Crippen molar-refractivity contribution < 1.29 is 0 Å². The third-order valence-electron chi connectivity index (χ3n) is 1.21. The standard InChI is InChI=1S/C7H7BrIN/c8-4-5-1-2-6(9)7(10)3-5/h1-3H,4,10H2. The molecular weight excluding hydrogens is 305 g/mol. The van der Waals surface area contributed by atoms with Crippen LogP contribution in [0.3, 0.4) is 0 Å². The highest BCUT2D eigenvalue weighted by molar-refractivity contribution is 14.1. The van der Waals surface area contributed by atoms with Gasteiger partial charge in [-0.15, -0.1) is 0 Å². The third-order valence-corrected chi connectivity index (χ3v) is 2.84. The molecule has 0 spiro atoms. The van der Waals surface area contributed by atoms with E-state index in [0.717, 1.165) is 14.6 Å². The van der Waals surface area contributed by atoms with Gasteiger partial charge in [0.2, 0.25) is 0 Å².